The highest BCUT2D eigenvalue weighted by Gasteiger charge is 2.26. The Kier molecular flexibility index (Phi) is 22.8. The van der Waals surface area contributed by atoms with Gasteiger partial charge in [-0.05, 0) is 182 Å². The molecule has 2 fully saturated rings. The Morgan fingerprint density at radius 1 is 0.746 bits per heavy atom. The van der Waals surface area contributed by atoms with Crippen molar-refractivity contribution in [3.63, 3.8) is 0 Å². The first-order valence-corrected chi connectivity index (χ1v) is 24.6. The average Bonchev–Trinajstić information content (AvgIpc) is 3.93. The number of carbonyl (C=O) groups is 2. The first kappa shape index (κ1) is 58.4. The molecule has 0 bridgehead atoms. The smallest absolute Gasteiger partial charge is 0.253 e. The maximum atomic E-state index is 14.2. The number of benzene rings is 3. The summed E-state index contributed by atoms with van der Waals surface area (Å²) in [7, 11) is 1.63. The molecule has 2 aliphatic carbocycles. The summed E-state index contributed by atoms with van der Waals surface area (Å²) in [5.41, 5.74) is 6.27. The molecule has 0 aliphatic heterocycles. The van der Waals surface area contributed by atoms with Crippen LogP contribution in [0.15, 0.2) is 73.3 Å². The van der Waals surface area contributed by atoms with E-state index in [1.54, 1.807) is 13.1 Å². The number of imidazole rings is 1. The third kappa shape index (κ3) is 23.2. The molecule has 0 unspecified atom stereocenters. The van der Waals surface area contributed by atoms with Gasteiger partial charge in [-0.2, -0.15) is 0 Å². The molecule has 0 saturated heterocycles. The first-order chi connectivity index (χ1) is 30.9. The molecule has 1 heterocycles. The zero-order chi connectivity index (χ0) is 50.9. The van der Waals surface area contributed by atoms with Gasteiger partial charge in [-0.15, -0.1) is 0 Å². The zero-order valence-corrected chi connectivity index (χ0v) is 44.9. The van der Waals surface area contributed by atoms with Gasteiger partial charge in [0, 0.05) is 64.9 Å². The Balaban J connectivity index is 0.000000294. The molecule has 2 saturated carbocycles. The fraction of sp³-hybridized carbons (Fsp3) is 0.589. The summed E-state index contributed by atoms with van der Waals surface area (Å²) in [6.07, 6.45) is 11.1. The highest BCUT2D eigenvalue weighted by Crippen LogP contribution is 2.30. The summed E-state index contributed by atoms with van der Waals surface area (Å²) < 4.78 is 16.2. The fourth-order valence-corrected chi connectivity index (χ4v) is 7.61. The molecule has 67 heavy (non-hydrogen) atoms. The second kappa shape index (κ2) is 26.1. The number of aromatic nitrogens is 2. The number of rotatable bonds is 9. The number of hydrogen-bond acceptors (Lipinski definition) is 7. The molecule has 0 radical (unpaired) electrons. The second-order valence-electron chi connectivity index (χ2n) is 22.7. The number of halogens is 1. The number of para-hydroxylation sites is 1. The van der Waals surface area contributed by atoms with Gasteiger partial charge < -0.3 is 36.5 Å². The molecule has 374 valence electrons. The van der Waals surface area contributed by atoms with E-state index in [1.165, 1.54) is 51.0 Å². The maximum absolute atomic E-state index is 14.2. The molecule has 0 atom stereocenters. The molecule has 3 aromatic carbocycles. The lowest BCUT2D eigenvalue weighted by Crippen LogP contribution is -2.44. The van der Waals surface area contributed by atoms with Crippen LogP contribution < -0.4 is 31.9 Å². The molecular formula is C56H91FN8O2. The molecule has 11 heteroatoms. The minimum absolute atomic E-state index is 0.00106. The molecule has 2 amide bonds. The molecule has 0 spiro atoms. The lowest BCUT2D eigenvalue weighted by molar-refractivity contribution is -0.111. The largest absolute Gasteiger partial charge is 0.382 e. The van der Waals surface area contributed by atoms with Gasteiger partial charge in [0.25, 0.3) is 5.91 Å². The van der Waals surface area contributed by atoms with Crippen molar-refractivity contribution >= 4 is 39.9 Å². The lowest BCUT2D eigenvalue weighted by Gasteiger charge is -2.31. The quantitative estimate of drug-likeness (QED) is 0.0924. The van der Waals surface area contributed by atoms with Crippen molar-refractivity contribution in [3.8, 4) is 0 Å². The van der Waals surface area contributed by atoms with Gasteiger partial charge >= 0.3 is 0 Å². The predicted molar refractivity (Wildman–Crippen MR) is 286 cm³/mol. The van der Waals surface area contributed by atoms with E-state index in [-0.39, 0.29) is 34.6 Å². The van der Waals surface area contributed by atoms with Gasteiger partial charge in [0.2, 0.25) is 5.91 Å². The first-order valence-electron chi connectivity index (χ1n) is 24.6. The highest BCUT2D eigenvalue weighted by atomic mass is 19.1. The van der Waals surface area contributed by atoms with Crippen LogP contribution in [0.2, 0.25) is 0 Å². The van der Waals surface area contributed by atoms with Crippen molar-refractivity contribution in [1.82, 2.24) is 25.5 Å². The molecule has 10 nitrogen and oxygen atoms in total. The van der Waals surface area contributed by atoms with Crippen molar-refractivity contribution < 1.29 is 14.0 Å². The molecule has 1 aromatic heterocycles. The average molecular weight is 927 g/mol. The van der Waals surface area contributed by atoms with Crippen LogP contribution in [0, 0.1) is 12.7 Å². The van der Waals surface area contributed by atoms with Gasteiger partial charge in [-0.1, -0.05) is 64.8 Å². The molecule has 6 N–H and O–H groups in total. The van der Waals surface area contributed by atoms with Gasteiger partial charge in [0.15, 0.2) is 5.82 Å². The molecular weight excluding hydrogens is 836 g/mol. The van der Waals surface area contributed by atoms with Crippen molar-refractivity contribution in [1.29, 1.82) is 0 Å². The minimum Gasteiger partial charge on any atom is -0.382 e. The standard InChI is InChI=1S/C15H21FN2.C13H18N2O.C11H16N2O.C10H21N.C7H15N/c1-9(2)18-10(3)17-14-12(16)7-11(8-13(14)18)15(4,5)6;1-5-12(16)14-10-7-6-8-11(9-10)15-13(2,3)4;1-8(2)13-10-7-5-4-6-9(10)11(14)12-3;1-10(2,3)11-9-7-5-4-6-8-9;1-7(2,3)8-6-4-5-6/h7-9H,1-6H3;5-9,15H,1H2,2-4H3,(H,14,16);4-8,13H,1-3H3,(H,12,14);9,11H,4-8H2,1-3H3;6,8H,4-5H2,1-3H3. The van der Waals surface area contributed by atoms with E-state index >= 15 is 0 Å². The van der Waals surface area contributed by atoms with Crippen LogP contribution in [0.4, 0.5) is 21.5 Å². The van der Waals surface area contributed by atoms with Gasteiger partial charge in [0.1, 0.15) is 11.3 Å². The van der Waals surface area contributed by atoms with E-state index in [1.807, 2.05) is 69.3 Å². The van der Waals surface area contributed by atoms with E-state index in [2.05, 4.69) is 151 Å². The van der Waals surface area contributed by atoms with Crippen molar-refractivity contribution in [3.05, 3.63) is 96.1 Å². The minimum atomic E-state index is -0.222. The van der Waals surface area contributed by atoms with E-state index in [4.69, 9.17) is 0 Å². The monoisotopic (exact) mass is 927 g/mol. The number of carbonyl (C=O) groups excluding carboxylic acids is 2. The van der Waals surface area contributed by atoms with Crippen molar-refractivity contribution in [2.24, 2.45) is 0 Å². The van der Waals surface area contributed by atoms with Crippen LogP contribution in [-0.2, 0) is 10.2 Å². The summed E-state index contributed by atoms with van der Waals surface area (Å²) >= 11 is 0. The number of hydrogen-bond donors (Lipinski definition) is 6. The number of fused-ring (bicyclic) bond motifs is 1. The second-order valence-corrected chi connectivity index (χ2v) is 22.7. The van der Waals surface area contributed by atoms with Crippen LogP contribution in [0.3, 0.4) is 0 Å². The molecule has 4 aromatic rings. The third-order valence-corrected chi connectivity index (χ3v) is 10.4. The summed E-state index contributed by atoms with van der Waals surface area (Å²) in [6.45, 7) is 39.5. The number of anilines is 3. The lowest BCUT2D eigenvalue weighted by atomic mass is 9.87. The summed E-state index contributed by atoms with van der Waals surface area (Å²) in [4.78, 5) is 26.9. The van der Waals surface area contributed by atoms with Gasteiger partial charge in [-0.3, -0.25) is 9.59 Å². The van der Waals surface area contributed by atoms with E-state index < -0.39 is 0 Å². The van der Waals surface area contributed by atoms with Gasteiger partial charge in [-0.25, -0.2) is 9.37 Å². The van der Waals surface area contributed by atoms with Crippen LogP contribution in [0.5, 0.6) is 0 Å². The SMILES string of the molecule is C=CC(=O)Nc1cccc(NC(C)(C)C)c1.CC(C)(C)NC1CC1.CC(C)(C)NC1CCCCC1.CNC(=O)c1ccccc1NC(C)C.Cc1nc2c(F)cc(C(C)(C)C)cc2n1C(C)C. The Labute approximate surface area is 405 Å². The van der Waals surface area contributed by atoms with Crippen LogP contribution in [0.1, 0.15) is 184 Å². The van der Waals surface area contributed by atoms with E-state index in [0.717, 1.165) is 46.1 Å². The Morgan fingerprint density at radius 3 is 1.78 bits per heavy atom. The fourth-order valence-electron chi connectivity index (χ4n) is 7.61. The molecule has 2 aliphatic rings. The Hall–Kier alpha value is -4.74. The summed E-state index contributed by atoms with van der Waals surface area (Å²) in [6, 6.07) is 21.0. The maximum Gasteiger partial charge on any atom is 0.253 e. The Bertz CT molecular complexity index is 2140. The number of nitrogens with one attached hydrogen (secondary N) is 6. The van der Waals surface area contributed by atoms with Gasteiger partial charge in [0.05, 0.1) is 11.1 Å². The normalized spacial score (nSPS) is 14.2. The number of nitrogens with zero attached hydrogens (tertiary/aromatic N) is 2. The van der Waals surface area contributed by atoms with Crippen molar-refractivity contribution in [2.75, 3.05) is 23.0 Å². The predicted octanol–water partition coefficient (Wildman–Crippen LogP) is 13.5. The number of amides is 2. The molecule has 6 rings (SSSR count). The van der Waals surface area contributed by atoms with Crippen LogP contribution in [-0.4, -0.2) is 63.2 Å². The third-order valence-electron chi connectivity index (χ3n) is 10.4. The van der Waals surface area contributed by atoms with Crippen LogP contribution in [0.25, 0.3) is 11.0 Å². The summed E-state index contributed by atoms with van der Waals surface area (Å²) in [5.74, 6) is 0.381. The van der Waals surface area contributed by atoms with Crippen LogP contribution >= 0.6 is 0 Å². The van der Waals surface area contributed by atoms with E-state index in [0.29, 0.717) is 28.2 Å². The van der Waals surface area contributed by atoms with E-state index in [9.17, 15) is 14.0 Å². The highest BCUT2D eigenvalue weighted by molar-refractivity contribution is 5.99. The summed E-state index contributed by atoms with van der Waals surface area (Å²) in [5, 5.41) is 19.1. The Morgan fingerprint density at radius 2 is 1.30 bits per heavy atom. The zero-order valence-electron chi connectivity index (χ0n) is 44.9. The number of aryl methyl sites for hydroxylation is 1. The topological polar surface area (TPSA) is 124 Å². The van der Waals surface area contributed by atoms with Crippen molar-refractivity contribution in [2.45, 2.75) is 209 Å².